The monoisotopic (exact) mass is 371 g/mol. The number of aromatic nitrogens is 2. The average molecular weight is 371 g/mol. The number of aromatic amines is 1. The number of benzene rings is 1. The van der Waals surface area contributed by atoms with Crippen molar-refractivity contribution in [2.75, 3.05) is 6.54 Å². The summed E-state index contributed by atoms with van der Waals surface area (Å²) in [5.74, 6) is 0.615. The van der Waals surface area contributed by atoms with Gasteiger partial charge >= 0.3 is 0 Å². The molecule has 4 rings (SSSR count). The Balaban J connectivity index is 1.66. The van der Waals surface area contributed by atoms with Crippen molar-refractivity contribution in [2.45, 2.75) is 36.7 Å². The third-order valence-electron chi connectivity index (χ3n) is 4.61. The number of H-pyrrole nitrogens is 1. The molecule has 3 N–H and O–H groups in total. The molecule has 6 nitrogen and oxygen atoms in total. The molecule has 0 spiro atoms. The molecule has 7 heteroatoms. The van der Waals surface area contributed by atoms with E-state index in [4.69, 9.17) is 0 Å². The van der Waals surface area contributed by atoms with Gasteiger partial charge in [0.15, 0.2) is 0 Å². The first kappa shape index (κ1) is 17.2. The van der Waals surface area contributed by atoms with Crippen LogP contribution in [0.3, 0.4) is 0 Å². The molecule has 0 aliphatic heterocycles. The summed E-state index contributed by atoms with van der Waals surface area (Å²) >= 11 is 0. The third kappa shape index (κ3) is 3.38. The molecule has 0 bridgehead atoms. The molecule has 2 heterocycles. The van der Waals surface area contributed by atoms with E-state index in [1.807, 2.05) is 6.07 Å². The van der Waals surface area contributed by atoms with Gasteiger partial charge in [-0.15, -0.1) is 0 Å². The van der Waals surface area contributed by atoms with Gasteiger partial charge in [0.1, 0.15) is 5.65 Å². The number of hydrogen-bond acceptors (Lipinski definition) is 4. The zero-order chi connectivity index (χ0) is 18.3. The smallest absolute Gasteiger partial charge is 0.240 e. The van der Waals surface area contributed by atoms with Gasteiger partial charge in [0, 0.05) is 23.8 Å². The molecule has 0 unspecified atom stereocenters. The highest BCUT2D eigenvalue weighted by Crippen LogP contribution is 2.41. The van der Waals surface area contributed by atoms with E-state index < -0.39 is 16.1 Å². The van der Waals surface area contributed by atoms with Crippen molar-refractivity contribution in [1.82, 2.24) is 14.7 Å². The fraction of sp³-hybridized carbons (Fsp3) is 0.316. The van der Waals surface area contributed by atoms with Gasteiger partial charge in [-0.3, -0.25) is 0 Å². The minimum Gasteiger partial charge on any atom is -0.392 e. The van der Waals surface area contributed by atoms with Crippen molar-refractivity contribution in [3.05, 3.63) is 48.3 Å². The molecule has 0 radical (unpaired) electrons. The zero-order valence-corrected chi connectivity index (χ0v) is 15.3. The summed E-state index contributed by atoms with van der Waals surface area (Å²) in [6.45, 7) is 1.52. The van der Waals surface area contributed by atoms with E-state index in [-0.39, 0.29) is 11.4 Å². The number of aliphatic hydroxyl groups excluding tert-OH is 1. The van der Waals surface area contributed by atoms with E-state index in [1.54, 1.807) is 30.5 Å². The molecule has 136 valence electrons. The van der Waals surface area contributed by atoms with Crippen LogP contribution in [0.2, 0.25) is 0 Å². The third-order valence-corrected chi connectivity index (χ3v) is 6.05. The number of pyridine rings is 1. The molecule has 2 aromatic heterocycles. The Kier molecular flexibility index (Phi) is 4.30. The number of aliphatic hydroxyl groups is 1. The van der Waals surface area contributed by atoms with Gasteiger partial charge < -0.3 is 10.1 Å². The molecule has 1 atom stereocenters. The van der Waals surface area contributed by atoms with Gasteiger partial charge in [-0.1, -0.05) is 12.1 Å². The van der Waals surface area contributed by atoms with E-state index in [2.05, 4.69) is 20.8 Å². The molecule has 1 fully saturated rings. The molecule has 26 heavy (non-hydrogen) atoms. The highest BCUT2D eigenvalue weighted by molar-refractivity contribution is 7.89. The lowest BCUT2D eigenvalue weighted by molar-refractivity contribution is 0.198. The van der Waals surface area contributed by atoms with Crippen LogP contribution in [0, 0.1) is 0 Å². The number of sulfonamides is 1. The van der Waals surface area contributed by atoms with Crippen LogP contribution in [0.25, 0.3) is 22.2 Å². The molecular formula is C19H21N3O3S. The Bertz CT molecular complexity index is 1040. The number of nitrogens with zero attached hydrogens (tertiary/aromatic N) is 1. The van der Waals surface area contributed by atoms with Crippen LogP contribution < -0.4 is 4.72 Å². The first-order valence-electron chi connectivity index (χ1n) is 8.70. The molecule has 1 aliphatic carbocycles. The number of nitrogens with one attached hydrogen (secondary N) is 2. The van der Waals surface area contributed by atoms with Crippen LogP contribution in [-0.4, -0.2) is 36.1 Å². The van der Waals surface area contributed by atoms with E-state index in [9.17, 15) is 13.5 Å². The van der Waals surface area contributed by atoms with Crippen LogP contribution >= 0.6 is 0 Å². The van der Waals surface area contributed by atoms with Crippen LogP contribution in [0.1, 0.15) is 31.4 Å². The molecule has 0 saturated heterocycles. The Hall–Kier alpha value is -2.22. The Morgan fingerprint density at radius 1 is 1.27 bits per heavy atom. The molecule has 1 aromatic carbocycles. The number of rotatable bonds is 6. The summed E-state index contributed by atoms with van der Waals surface area (Å²) in [5.41, 5.74) is 4.05. The Morgan fingerprint density at radius 2 is 2.00 bits per heavy atom. The summed E-state index contributed by atoms with van der Waals surface area (Å²) in [4.78, 5) is 7.98. The lowest BCUT2D eigenvalue weighted by Gasteiger charge is -2.09. The van der Waals surface area contributed by atoms with Gasteiger partial charge in [0.05, 0.1) is 11.0 Å². The van der Waals surface area contributed by atoms with Crippen molar-refractivity contribution in [2.24, 2.45) is 0 Å². The Morgan fingerprint density at radius 3 is 2.65 bits per heavy atom. The predicted octanol–water partition coefficient (Wildman–Crippen LogP) is 2.77. The van der Waals surface area contributed by atoms with Crippen LogP contribution in [0.4, 0.5) is 0 Å². The maximum absolute atomic E-state index is 12.2. The average Bonchev–Trinajstić information content (AvgIpc) is 3.38. The maximum atomic E-state index is 12.2. The lowest BCUT2D eigenvalue weighted by atomic mass is 10.0. The molecular weight excluding hydrogens is 350 g/mol. The van der Waals surface area contributed by atoms with Gasteiger partial charge in [-0.05, 0) is 61.1 Å². The van der Waals surface area contributed by atoms with Gasteiger partial charge in [-0.25, -0.2) is 18.1 Å². The fourth-order valence-electron chi connectivity index (χ4n) is 3.04. The summed E-state index contributed by atoms with van der Waals surface area (Å²) in [7, 11) is -3.62. The molecule has 0 amide bonds. The topological polar surface area (TPSA) is 95.1 Å². The molecule has 1 aliphatic rings. The van der Waals surface area contributed by atoms with Gasteiger partial charge in [0.2, 0.25) is 10.0 Å². The van der Waals surface area contributed by atoms with E-state index in [1.165, 1.54) is 25.5 Å². The van der Waals surface area contributed by atoms with Crippen LogP contribution in [0.5, 0.6) is 0 Å². The van der Waals surface area contributed by atoms with E-state index >= 15 is 0 Å². The predicted molar refractivity (Wildman–Crippen MR) is 100 cm³/mol. The van der Waals surface area contributed by atoms with Gasteiger partial charge in [0.25, 0.3) is 0 Å². The SMILES string of the molecule is C[C@H](O)CNS(=O)(=O)c1ccc(-c2ccnc3[nH]c(C4CC4)cc23)cc1. The first-order chi connectivity index (χ1) is 12.4. The van der Waals surface area contributed by atoms with E-state index in [0.717, 1.165) is 22.2 Å². The Labute approximate surface area is 152 Å². The van der Waals surface area contributed by atoms with Crippen molar-refractivity contribution in [3.63, 3.8) is 0 Å². The molecule has 3 aromatic rings. The van der Waals surface area contributed by atoms with E-state index in [0.29, 0.717) is 5.92 Å². The largest absolute Gasteiger partial charge is 0.392 e. The number of fused-ring (bicyclic) bond motifs is 1. The fourth-order valence-corrected chi connectivity index (χ4v) is 4.16. The van der Waals surface area contributed by atoms with Crippen LogP contribution in [-0.2, 0) is 10.0 Å². The second kappa shape index (κ2) is 6.50. The lowest BCUT2D eigenvalue weighted by Crippen LogP contribution is -2.30. The second-order valence-corrected chi connectivity index (χ2v) is 8.61. The summed E-state index contributed by atoms with van der Waals surface area (Å²) < 4.78 is 26.9. The second-order valence-electron chi connectivity index (χ2n) is 6.85. The normalized spacial score (nSPS) is 16.1. The summed E-state index contributed by atoms with van der Waals surface area (Å²) in [6.07, 6.45) is 3.46. The van der Waals surface area contributed by atoms with Crippen molar-refractivity contribution in [3.8, 4) is 11.1 Å². The number of hydrogen-bond donors (Lipinski definition) is 3. The summed E-state index contributed by atoms with van der Waals surface area (Å²) in [5, 5.41) is 10.3. The summed E-state index contributed by atoms with van der Waals surface area (Å²) in [6, 6.07) is 10.9. The standard InChI is InChI=1S/C19H21N3O3S/c1-12(23)11-21-26(24,25)15-6-4-13(5-7-15)16-8-9-20-19-17(16)10-18(22-19)14-2-3-14/h4-10,12,14,21,23H,2-3,11H2,1H3,(H,20,22)/t12-/m0/s1. The highest BCUT2D eigenvalue weighted by atomic mass is 32.2. The highest BCUT2D eigenvalue weighted by Gasteiger charge is 2.26. The first-order valence-corrected chi connectivity index (χ1v) is 10.2. The van der Waals surface area contributed by atoms with Gasteiger partial charge in [-0.2, -0.15) is 0 Å². The minimum atomic E-state index is -3.62. The zero-order valence-electron chi connectivity index (χ0n) is 14.4. The van der Waals surface area contributed by atoms with Crippen molar-refractivity contribution >= 4 is 21.1 Å². The van der Waals surface area contributed by atoms with Crippen LogP contribution in [0.15, 0.2) is 47.5 Å². The quantitative estimate of drug-likeness (QED) is 0.621. The minimum absolute atomic E-state index is 0.0116. The van der Waals surface area contributed by atoms with Crippen molar-refractivity contribution < 1.29 is 13.5 Å². The maximum Gasteiger partial charge on any atom is 0.240 e. The van der Waals surface area contributed by atoms with Crippen molar-refractivity contribution in [1.29, 1.82) is 0 Å². The molecule has 1 saturated carbocycles.